The number of carbonyl (C=O) groups excluding carboxylic acids is 1. The fraction of sp³-hybridized carbons (Fsp3) is 0.200. The second-order valence-electron chi connectivity index (χ2n) is 8.34. The third-order valence-electron chi connectivity index (χ3n) is 5.36. The Bertz CT molecular complexity index is 1310. The quantitative estimate of drug-likeness (QED) is 0.583. The van der Waals surface area contributed by atoms with Crippen LogP contribution in [-0.2, 0) is 5.41 Å². The molecule has 2 aromatic heterocycles. The molecule has 0 saturated carbocycles. The molecular formula is C25H24N8O. The van der Waals surface area contributed by atoms with Gasteiger partial charge in [-0.05, 0) is 56.7 Å². The molecule has 0 saturated heterocycles. The predicted molar refractivity (Wildman–Crippen MR) is 130 cm³/mol. The molecule has 34 heavy (non-hydrogen) atoms. The third-order valence-corrected chi connectivity index (χ3v) is 5.36. The van der Waals surface area contributed by atoms with E-state index in [9.17, 15) is 10.1 Å². The number of nitriles is 1. The van der Waals surface area contributed by atoms with Gasteiger partial charge in [0, 0.05) is 36.0 Å². The number of amides is 1. The molecule has 0 aliphatic carbocycles. The summed E-state index contributed by atoms with van der Waals surface area (Å²) in [5.74, 6) is 0.415. The Hall–Kier alpha value is -4.58. The lowest BCUT2D eigenvalue weighted by Crippen LogP contribution is -2.38. The van der Waals surface area contributed by atoms with Crippen LogP contribution in [0.5, 0.6) is 0 Å². The number of anilines is 2. The summed E-state index contributed by atoms with van der Waals surface area (Å²) in [6, 6.07) is 11.1. The van der Waals surface area contributed by atoms with Crippen molar-refractivity contribution in [2.75, 3.05) is 17.3 Å². The Labute approximate surface area is 197 Å². The summed E-state index contributed by atoms with van der Waals surface area (Å²) >= 11 is 0. The molecule has 0 radical (unpaired) electrons. The number of pyridine rings is 1. The maximum atomic E-state index is 12.9. The van der Waals surface area contributed by atoms with Crippen LogP contribution in [0.2, 0.25) is 0 Å². The number of rotatable bonds is 6. The minimum absolute atomic E-state index is 0.281. The molecular weight excluding hydrogens is 428 g/mol. The number of benzene rings is 1. The minimum atomic E-state index is -0.789. The number of hydrazine groups is 1. The van der Waals surface area contributed by atoms with Gasteiger partial charge in [-0.25, -0.2) is 15.0 Å². The lowest BCUT2D eigenvalue weighted by atomic mass is 9.90. The molecule has 0 unspecified atom stereocenters. The van der Waals surface area contributed by atoms with Gasteiger partial charge < -0.3 is 5.32 Å². The van der Waals surface area contributed by atoms with E-state index < -0.39 is 5.41 Å². The van der Waals surface area contributed by atoms with Crippen LogP contribution >= 0.6 is 0 Å². The molecule has 3 aromatic rings. The molecule has 1 aliphatic heterocycles. The monoisotopic (exact) mass is 452 g/mol. The van der Waals surface area contributed by atoms with Gasteiger partial charge in [0.05, 0.1) is 35.0 Å². The van der Waals surface area contributed by atoms with Crippen LogP contribution < -0.4 is 10.7 Å². The SMILES string of the molecule is Cc1ccc(NC(=O)c2ccnc(C(C)(C)C#N)c2)cc1NN1CC=CN=C1c1cncnc1. The van der Waals surface area contributed by atoms with Crippen LogP contribution in [0.4, 0.5) is 11.4 Å². The van der Waals surface area contributed by atoms with E-state index in [2.05, 4.69) is 36.8 Å². The summed E-state index contributed by atoms with van der Waals surface area (Å²) in [7, 11) is 0. The Morgan fingerprint density at radius 2 is 1.97 bits per heavy atom. The topological polar surface area (TPSA) is 119 Å². The van der Waals surface area contributed by atoms with Crippen LogP contribution in [0.15, 0.2) is 72.5 Å². The van der Waals surface area contributed by atoms with Crippen LogP contribution in [0.1, 0.15) is 41.0 Å². The van der Waals surface area contributed by atoms with Crippen molar-refractivity contribution in [3.8, 4) is 6.07 Å². The molecule has 1 amide bonds. The largest absolute Gasteiger partial charge is 0.322 e. The van der Waals surface area contributed by atoms with Gasteiger partial charge in [-0.2, -0.15) is 5.26 Å². The Morgan fingerprint density at radius 1 is 1.18 bits per heavy atom. The first-order valence-electron chi connectivity index (χ1n) is 10.7. The van der Waals surface area contributed by atoms with Gasteiger partial charge in [0.2, 0.25) is 0 Å². The number of aryl methyl sites for hydroxylation is 1. The van der Waals surface area contributed by atoms with Crippen molar-refractivity contribution in [1.29, 1.82) is 5.26 Å². The number of nitrogens with one attached hydrogen (secondary N) is 2. The van der Waals surface area contributed by atoms with E-state index in [1.54, 1.807) is 50.8 Å². The van der Waals surface area contributed by atoms with E-state index in [0.717, 1.165) is 16.8 Å². The van der Waals surface area contributed by atoms with E-state index in [4.69, 9.17) is 0 Å². The van der Waals surface area contributed by atoms with Gasteiger partial charge in [0.1, 0.15) is 6.33 Å². The normalized spacial score (nSPS) is 13.1. The summed E-state index contributed by atoms with van der Waals surface area (Å²) in [5, 5.41) is 14.2. The van der Waals surface area contributed by atoms with Crippen molar-refractivity contribution in [1.82, 2.24) is 20.0 Å². The molecule has 0 bridgehead atoms. The van der Waals surface area contributed by atoms with E-state index in [0.29, 0.717) is 29.3 Å². The van der Waals surface area contributed by atoms with Crippen molar-refractivity contribution in [3.05, 3.63) is 89.9 Å². The second-order valence-corrected chi connectivity index (χ2v) is 8.34. The highest BCUT2D eigenvalue weighted by atomic mass is 16.1. The highest BCUT2D eigenvalue weighted by Crippen LogP contribution is 2.24. The minimum Gasteiger partial charge on any atom is -0.322 e. The van der Waals surface area contributed by atoms with Gasteiger partial charge in [-0.3, -0.25) is 20.2 Å². The average Bonchev–Trinajstić information content (AvgIpc) is 2.87. The standard InChI is InChI=1S/C25H24N8O/c1-17-5-6-20(31-24(34)18-7-9-29-22(11-18)25(2,3)15-26)12-21(17)32-33-10-4-8-30-23(33)19-13-27-16-28-14-19/h4-9,11-14,16,32H,10H2,1-3H3,(H,31,34). The first kappa shape index (κ1) is 22.6. The lowest BCUT2D eigenvalue weighted by molar-refractivity contribution is 0.102. The van der Waals surface area contributed by atoms with Crippen molar-refractivity contribution in [2.45, 2.75) is 26.2 Å². The van der Waals surface area contributed by atoms with E-state index in [1.807, 2.05) is 36.2 Å². The molecule has 0 atom stereocenters. The number of amidine groups is 1. The zero-order valence-electron chi connectivity index (χ0n) is 19.1. The number of hydrogen-bond donors (Lipinski definition) is 2. The lowest BCUT2D eigenvalue weighted by Gasteiger charge is -2.29. The van der Waals surface area contributed by atoms with Gasteiger partial charge in [0.15, 0.2) is 5.84 Å². The van der Waals surface area contributed by atoms with Crippen LogP contribution in [-0.4, -0.2) is 38.2 Å². The molecule has 170 valence electrons. The van der Waals surface area contributed by atoms with E-state index in [1.165, 1.54) is 6.33 Å². The van der Waals surface area contributed by atoms with Crippen molar-refractivity contribution >= 4 is 23.1 Å². The van der Waals surface area contributed by atoms with Gasteiger partial charge >= 0.3 is 0 Å². The van der Waals surface area contributed by atoms with Crippen LogP contribution in [0, 0.1) is 18.3 Å². The second kappa shape index (κ2) is 9.50. The molecule has 9 nitrogen and oxygen atoms in total. The predicted octanol–water partition coefficient (Wildman–Crippen LogP) is 3.84. The fourth-order valence-corrected chi connectivity index (χ4v) is 3.32. The third kappa shape index (κ3) is 4.91. The number of aliphatic imine (C=N–C) groups is 1. The first-order valence-corrected chi connectivity index (χ1v) is 10.7. The summed E-state index contributed by atoms with van der Waals surface area (Å²) in [4.78, 5) is 29.8. The van der Waals surface area contributed by atoms with Crippen LogP contribution in [0.3, 0.4) is 0 Å². The molecule has 9 heteroatoms. The molecule has 3 heterocycles. The van der Waals surface area contributed by atoms with Gasteiger partial charge in [0.25, 0.3) is 5.91 Å². The molecule has 2 N–H and O–H groups in total. The number of nitrogens with zero attached hydrogens (tertiary/aromatic N) is 6. The zero-order valence-corrected chi connectivity index (χ0v) is 19.1. The summed E-state index contributed by atoms with van der Waals surface area (Å²) in [6.45, 7) is 6.11. The number of aromatic nitrogens is 3. The van der Waals surface area contributed by atoms with Crippen LogP contribution in [0.25, 0.3) is 0 Å². The van der Waals surface area contributed by atoms with Gasteiger partial charge in [-0.1, -0.05) is 6.07 Å². The maximum absolute atomic E-state index is 12.9. The first-order chi connectivity index (χ1) is 16.4. The number of hydrogen-bond acceptors (Lipinski definition) is 8. The fourth-order valence-electron chi connectivity index (χ4n) is 3.32. The van der Waals surface area contributed by atoms with Crippen molar-refractivity contribution in [3.63, 3.8) is 0 Å². The molecule has 0 fully saturated rings. The zero-order chi connectivity index (χ0) is 24.1. The van der Waals surface area contributed by atoms with Gasteiger partial charge in [-0.15, -0.1) is 0 Å². The van der Waals surface area contributed by atoms with Crippen molar-refractivity contribution in [2.24, 2.45) is 4.99 Å². The highest BCUT2D eigenvalue weighted by Gasteiger charge is 2.23. The smallest absolute Gasteiger partial charge is 0.255 e. The molecule has 1 aliphatic rings. The van der Waals surface area contributed by atoms with Crippen molar-refractivity contribution < 1.29 is 4.79 Å². The molecule has 0 spiro atoms. The molecule has 1 aromatic carbocycles. The Morgan fingerprint density at radius 3 is 2.74 bits per heavy atom. The summed E-state index contributed by atoms with van der Waals surface area (Å²) in [6.07, 6.45) is 10.1. The average molecular weight is 453 g/mol. The maximum Gasteiger partial charge on any atom is 0.255 e. The Kier molecular flexibility index (Phi) is 6.32. The number of carbonyl (C=O) groups is 1. The highest BCUT2D eigenvalue weighted by molar-refractivity contribution is 6.04. The van der Waals surface area contributed by atoms with E-state index >= 15 is 0 Å². The Balaban J connectivity index is 1.53. The summed E-state index contributed by atoms with van der Waals surface area (Å²) in [5.41, 5.74) is 6.81. The molecule has 4 rings (SSSR count). The van der Waals surface area contributed by atoms with E-state index in [-0.39, 0.29) is 5.91 Å². The summed E-state index contributed by atoms with van der Waals surface area (Å²) < 4.78 is 0.